The lowest BCUT2D eigenvalue weighted by Crippen LogP contribution is -2.51. The van der Waals surface area contributed by atoms with E-state index in [-0.39, 0.29) is 18.2 Å². The van der Waals surface area contributed by atoms with Gasteiger partial charge >= 0.3 is 0 Å². The van der Waals surface area contributed by atoms with Crippen molar-refractivity contribution in [3.63, 3.8) is 0 Å². The van der Waals surface area contributed by atoms with Crippen LogP contribution in [0.1, 0.15) is 24.8 Å². The van der Waals surface area contributed by atoms with Crippen LogP contribution < -0.4 is 11.1 Å². The van der Waals surface area contributed by atoms with E-state index >= 15 is 0 Å². The molecule has 1 saturated carbocycles. The van der Waals surface area contributed by atoms with E-state index in [2.05, 4.69) is 5.32 Å². The maximum atomic E-state index is 11.8. The maximum absolute atomic E-state index is 11.8. The fraction of sp³-hybridized carbons (Fsp3) is 0.500. The number of hydrogen-bond donors (Lipinski definition) is 4. The van der Waals surface area contributed by atoms with E-state index in [0.29, 0.717) is 6.42 Å². The number of carbonyl (C=O) groups is 1. The van der Waals surface area contributed by atoms with Crippen LogP contribution in [0.5, 0.6) is 5.75 Å². The Morgan fingerprint density at radius 3 is 2.53 bits per heavy atom. The van der Waals surface area contributed by atoms with Gasteiger partial charge in [0.2, 0.25) is 5.91 Å². The molecule has 1 atom stereocenters. The fourth-order valence-corrected chi connectivity index (χ4v) is 2.12. The van der Waals surface area contributed by atoms with Crippen molar-refractivity contribution in [2.45, 2.75) is 37.3 Å². The first-order valence-corrected chi connectivity index (χ1v) is 6.52. The highest BCUT2D eigenvalue weighted by molar-refractivity contribution is 5.81. The van der Waals surface area contributed by atoms with Gasteiger partial charge in [-0.1, -0.05) is 12.1 Å². The molecular formula is C14H20N2O3. The summed E-state index contributed by atoms with van der Waals surface area (Å²) >= 11 is 0. The van der Waals surface area contributed by atoms with Crippen LogP contribution in [0.4, 0.5) is 0 Å². The average molecular weight is 264 g/mol. The van der Waals surface area contributed by atoms with Gasteiger partial charge in [-0.3, -0.25) is 4.79 Å². The number of aliphatic hydroxyl groups is 1. The van der Waals surface area contributed by atoms with Crippen LogP contribution in [-0.4, -0.2) is 34.3 Å². The van der Waals surface area contributed by atoms with E-state index in [1.165, 1.54) is 0 Å². The number of carbonyl (C=O) groups excluding carboxylic acids is 1. The van der Waals surface area contributed by atoms with Gasteiger partial charge in [0.25, 0.3) is 0 Å². The summed E-state index contributed by atoms with van der Waals surface area (Å²) in [6, 6.07) is 5.96. The summed E-state index contributed by atoms with van der Waals surface area (Å²) in [7, 11) is 0. The van der Waals surface area contributed by atoms with E-state index in [0.717, 1.165) is 24.8 Å². The van der Waals surface area contributed by atoms with Crippen molar-refractivity contribution in [3.05, 3.63) is 29.8 Å². The molecule has 1 fully saturated rings. The highest BCUT2D eigenvalue weighted by Gasteiger charge is 2.34. The molecule has 19 heavy (non-hydrogen) atoms. The Balaban J connectivity index is 1.80. The monoisotopic (exact) mass is 264 g/mol. The third kappa shape index (κ3) is 3.68. The Bertz CT molecular complexity index is 441. The van der Waals surface area contributed by atoms with Crippen LogP contribution in [0.2, 0.25) is 0 Å². The molecule has 5 heteroatoms. The predicted molar refractivity (Wildman–Crippen MR) is 71.6 cm³/mol. The van der Waals surface area contributed by atoms with E-state index in [1.807, 2.05) is 0 Å². The van der Waals surface area contributed by atoms with Crippen molar-refractivity contribution in [3.8, 4) is 5.75 Å². The van der Waals surface area contributed by atoms with Crippen LogP contribution >= 0.6 is 0 Å². The summed E-state index contributed by atoms with van der Waals surface area (Å²) in [5.41, 5.74) is 5.98. The first-order chi connectivity index (χ1) is 8.98. The second-order valence-electron chi connectivity index (χ2n) is 5.27. The molecule has 5 N–H and O–H groups in total. The quantitative estimate of drug-likeness (QED) is 0.615. The molecule has 0 heterocycles. The summed E-state index contributed by atoms with van der Waals surface area (Å²) in [6.07, 6.45) is 2.89. The van der Waals surface area contributed by atoms with Crippen molar-refractivity contribution in [2.24, 2.45) is 5.73 Å². The normalized spacial score (nSPS) is 18.4. The third-order valence-electron chi connectivity index (χ3n) is 3.60. The van der Waals surface area contributed by atoms with E-state index < -0.39 is 11.6 Å². The van der Waals surface area contributed by atoms with Gasteiger partial charge in [0.1, 0.15) is 5.75 Å². The Morgan fingerprint density at radius 1 is 1.37 bits per heavy atom. The van der Waals surface area contributed by atoms with E-state index in [1.54, 1.807) is 24.3 Å². The zero-order chi connectivity index (χ0) is 13.9. The van der Waals surface area contributed by atoms with Gasteiger partial charge in [-0.15, -0.1) is 0 Å². The van der Waals surface area contributed by atoms with Crippen molar-refractivity contribution in [1.29, 1.82) is 0 Å². The minimum absolute atomic E-state index is 0.189. The number of amides is 1. The number of nitrogens with one attached hydrogen (secondary N) is 1. The number of nitrogens with two attached hydrogens (primary N) is 1. The number of rotatable bonds is 5. The Morgan fingerprint density at radius 2 is 2.00 bits per heavy atom. The lowest BCUT2D eigenvalue weighted by Gasteiger charge is -2.36. The standard InChI is InChI=1S/C14H20N2O3/c15-12(8-10-2-4-11(17)5-3-10)13(18)16-9-14(19)6-1-7-14/h2-5,12,17,19H,1,6-9,15H2,(H,16,18)/t12-/m0/s1. The molecule has 0 aliphatic heterocycles. The molecule has 0 spiro atoms. The van der Waals surface area contributed by atoms with Crippen LogP contribution in [0.25, 0.3) is 0 Å². The summed E-state index contributed by atoms with van der Waals surface area (Å²) in [4.78, 5) is 11.8. The molecule has 1 aromatic rings. The fourth-order valence-electron chi connectivity index (χ4n) is 2.12. The van der Waals surface area contributed by atoms with Gasteiger partial charge in [0.15, 0.2) is 0 Å². The zero-order valence-corrected chi connectivity index (χ0v) is 10.8. The number of benzene rings is 1. The van der Waals surface area contributed by atoms with Crippen molar-refractivity contribution >= 4 is 5.91 Å². The molecule has 5 nitrogen and oxygen atoms in total. The molecular weight excluding hydrogens is 244 g/mol. The second kappa shape index (κ2) is 5.59. The summed E-state index contributed by atoms with van der Waals surface area (Å²) in [5, 5.41) is 21.7. The highest BCUT2D eigenvalue weighted by Crippen LogP contribution is 2.30. The molecule has 0 aromatic heterocycles. The Kier molecular flexibility index (Phi) is 4.07. The van der Waals surface area contributed by atoms with Gasteiger partial charge in [-0.05, 0) is 43.4 Å². The van der Waals surface area contributed by atoms with Gasteiger partial charge in [0.05, 0.1) is 11.6 Å². The molecule has 0 saturated heterocycles. The molecule has 1 amide bonds. The van der Waals surface area contributed by atoms with Crippen LogP contribution in [0.15, 0.2) is 24.3 Å². The third-order valence-corrected chi connectivity index (χ3v) is 3.60. The lowest BCUT2D eigenvalue weighted by atomic mass is 9.80. The molecule has 104 valence electrons. The SMILES string of the molecule is N[C@@H](Cc1ccc(O)cc1)C(=O)NCC1(O)CCC1. The topological polar surface area (TPSA) is 95.6 Å². The predicted octanol–water partition coefficient (Wildman–Crippen LogP) is 0.293. The number of aromatic hydroxyl groups is 1. The number of hydrogen-bond acceptors (Lipinski definition) is 4. The maximum Gasteiger partial charge on any atom is 0.237 e. The van der Waals surface area contributed by atoms with E-state index in [9.17, 15) is 9.90 Å². The summed E-state index contributed by atoms with van der Waals surface area (Å²) in [5.74, 6) is -0.0672. The molecule has 2 rings (SSSR count). The first-order valence-electron chi connectivity index (χ1n) is 6.52. The minimum Gasteiger partial charge on any atom is -0.508 e. The van der Waals surface area contributed by atoms with Crippen molar-refractivity contribution < 1.29 is 15.0 Å². The largest absolute Gasteiger partial charge is 0.508 e. The van der Waals surface area contributed by atoms with Gasteiger partial charge in [0, 0.05) is 6.54 Å². The Labute approximate surface area is 112 Å². The average Bonchev–Trinajstić information content (AvgIpc) is 2.36. The van der Waals surface area contributed by atoms with Gasteiger partial charge in [-0.25, -0.2) is 0 Å². The van der Waals surface area contributed by atoms with Crippen LogP contribution in [-0.2, 0) is 11.2 Å². The molecule has 0 bridgehead atoms. The summed E-state index contributed by atoms with van der Waals surface area (Å²) < 4.78 is 0. The molecule has 1 aliphatic rings. The summed E-state index contributed by atoms with van der Waals surface area (Å²) in [6.45, 7) is 0.273. The number of phenolic OH excluding ortho intramolecular Hbond substituents is 1. The molecule has 1 aromatic carbocycles. The smallest absolute Gasteiger partial charge is 0.237 e. The van der Waals surface area contributed by atoms with Gasteiger partial charge in [-0.2, -0.15) is 0 Å². The van der Waals surface area contributed by atoms with Gasteiger partial charge < -0.3 is 21.3 Å². The van der Waals surface area contributed by atoms with Crippen molar-refractivity contribution in [2.75, 3.05) is 6.54 Å². The van der Waals surface area contributed by atoms with Crippen LogP contribution in [0, 0.1) is 0 Å². The lowest BCUT2D eigenvalue weighted by molar-refractivity contribution is -0.124. The van der Waals surface area contributed by atoms with Crippen molar-refractivity contribution in [1.82, 2.24) is 5.32 Å². The molecule has 0 unspecified atom stereocenters. The molecule has 0 radical (unpaired) electrons. The molecule has 1 aliphatic carbocycles. The van der Waals surface area contributed by atoms with Crippen LogP contribution in [0.3, 0.4) is 0 Å². The first kappa shape index (κ1) is 13.8. The number of phenols is 1. The Hall–Kier alpha value is -1.59. The minimum atomic E-state index is -0.728. The zero-order valence-electron chi connectivity index (χ0n) is 10.8. The second-order valence-corrected chi connectivity index (χ2v) is 5.27. The van der Waals surface area contributed by atoms with E-state index in [4.69, 9.17) is 10.8 Å². The highest BCUT2D eigenvalue weighted by atomic mass is 16.3.